The molecule has 2 aromatic carbocycles. The number of esters is 1. The molecule has 0 aliphatic rings. The highest BCUT2D eigenvalue weighted by atomic mass is 31.1. The second kappa shape index (κ2) is 11.0. The molecule has 3 atom stereocenters. The van der Waals surface area contributed by atoms with Crippen molar-refractivity contribution in [2.24, 2.45) is 11.8 Å². The van der Waals surface area contributed by atoms with E-state index in [-0.39, 0.29) is 18.5 Å². The molecule has 0 bridgehead atoms. The van der Waals surface area contributed by atoms with Gasteiger partial charge in [-0.25, -0.2) is 0 Å². The highest BCUT2D eigenvalue weighted by molar-refractivity contribution is 7.40. The third-order valence-corrected chi connectivity index (χ3v) is 6.29. The van der Waals surface area contributed by atoms with Crippen LogP contribution in [0.25, 0.3) is 0 Å². The minimum atomic E-state index is -2.43. The van der Waals surface area contributed by atoms with Crippen molar-refractivity contribution in [3.05, 3.63) is 65.7 Å². The Balaban J connectivity index is 2.19. The Hall–Kier alpha value is -2.10. The van der Waals surface area contributed by atoms with Crippen LogP contribution in [0.15, 0.2) is 54.6 Å². The predicted octanol–water partition coefficient (Wildman–Crippen LogP) is 4.71. The fourth-order valence-corrected chi connectivity index (χ4v) is 4.52. The van der Waals surface area contributed by atoms with Crippen molar-refractivity contribution in [2.45, 2.75) is 39.0 Å². The van der Waals surface area contributed by atoms with Crippen molar-refractivity contribution in [3.8, 4) is 0 Å². The van der Waals surface area contributed by atoms with E-state index in [9.17, 15) is 9.36 Å². The third-order valence-electron chi connectivity index (χ3n) is 4.68. The first-order valence-corrected chi connectivity index (χ1v) is 10.9. The van der Waals surface area contributed by atoms with Crippen LogP contribution in [0.5, 0.6) is 0 Å². The van der Waals surface area contributed by atoms with Crippen molar-refractivity contribution in [2.75, 3.05) is 12.8 Å². The fourth-order valence-electron chi connectivity index (χ4n) is 3.22. The Morgan fingerprint density at radius 1 is 1.04 bits per heavy atom. The second-order valence-electron chi connectivity index (χ2n) is 7.40. The molecule has 28 heavy (non-hydrogen) atoms. The molecule has 0 saturated carbocycles. The molecule has 2 N–H and O–H groups in total. The summed E-state index contributed by atoms with van der Waals surface area (Å²) in [5, 5.41) is 0. The SMILES string of the molecule is CO[PH](=O)C(Cc1ccc(N)cc1)C(CC(C)C)C(=O)OCc1ccccc1. The summed E-state index contributed by atoms with van der Waals surface area (Å²) >= 11 is 0. The number of hydrogen-bond donors (Lipinski definition) is 1. The van der Waals surface area contributed by atoms with Gasteiger partial charge in [0, 0.05) is 12.8 Å². The molecule has 0 spiro atoms. The van der Waals surface area contributed by atoms with E-state index in [1.54, 1.807) is 0 Å². The smallest absolute Gasteiger partial charge is 0.310 e. The Morgan fingerprint density at radius 3 is 2.25 bits per heavy atom. The zero-order chi connectivity index (χ0) is 20.5. The van der Waals surface area contributed by atoms with Gasteiger partial charge in [0.15, 0.2) is 8.03 Å². The van der Waals surface area contributed by atoms with Crippen LogP contribution in [0.4, 0.5) is 5.69 Å². The minimum absolute atomic E-state index is 0.205. The summed E-state index contributed by atoms with van der Waals surface area (Å²) in [4.78, 5) is 12.9. The molecule has 0 aliphatic carbocycles. The quantitative estimate of drug-likeness (QED) is 0.353. The van der Waals surface area contributed by atoms with Gasteiger partial charge in [-0.2, -0.15) is 0 Å². The van der Waals surface area contributed by atoms with Gasteiger partial charge in [0.25, 0.3) is 0 Å². The van der Waals surface area contributed by atoms with E-state index < -0.39 is 19.6 Å². The second-order valence-corrected chi connectivity index (χ2v) is 9.19. The van der Waals surface area contributed by atoms with Gasteiger partial charge in [0.05, 0.1) is 11.6 Å². The minimum Gasteiger partial charge on any atom is -0.461 e. The molecular formula is C22H30NO4P. The molecule has 3 unspecified atom stereocenters. The molecule has 5 nitrogen and oxygen atoms in total. The van der Waals surface area contributed by atoms with E-state index in [1.165, 1.54) is 7.11 Å². The van der Waals surface area contributed by atoms with Gasteiger partial charge in [0.1, 0.15) is 6.61 Å². The van der Waals surface area contributed by atoms with Crippen LogP contribution < -0.4 is 5.73 Å². The molecule has 152 valence electrons. The van der Waals surface area contributed by atoms with Crippen LogP contribution in [0.3, 0.4) is 0 Å². The number of rotatable bonds is 10. The lowest BCUT2D eigenvalue weighted by atomic mass is 9.90. The van der Waals surface area contributed by atoms with E-state index in [1.807, 2.05) is 68.4 Å². The molecular weight excluding hydrogens is 373 g/mol. The normalized spacial score (nSPS) is 14.4. The monoisotopic (exact) mass is 403 g/mol. The summed E-state index contributed by atoms with van der Waals surface area (Å²) in [5.74, 6) is -0.559. The van der Waals surface area contributed by atoms with E-state index in [4.69, 9.17) is 15.0 Å². The van der Waals surface area contributed by atoms with Crippen LogP contribution >= 0.6 is 8.03 Å². The number of anilines is 1. The van der Waals surface area contributed by atoms with Gasteiger partial charge in [0.2, 0.25) is 0 Å². The number of hydrogen-bond acceptors (Lipinski definition) is 5. The summed E-state index contributed by atoms with van der Waals surface area (Å²) in [6, 6.07) is 17.0. The topological polar surface area (TPSA) is 78.6 Å². The number of benzene rings is 2. The van der Waals surface area contributed by atoms with Gasteiger partial charge in [-0.05, 0) is 42.0 Å². The first-order valence-electron chi connectivity index (χ1n) is 9.53. The molecule has 6 heteroatoms. The van der Waals surface area contributed by atoms with Crippen molar-refractivity contribution in [1.29, 1.82) is 0 Å². The van der Waals surface area contributed by atoms with Crippen molar-refractivity contribution < 1.29 is 18.6 Å². The van der Waals surface area contributed by atoms with Gasteiger partial charge >= 0.3 is 5.97 Å². The van der Waals surface area contributed by atoms with Crippen LogP contribution in [-0.2, 0) is 31.6 Å². The van der Waals surface area contributed by atoms with Crippen LogP contribution in [0.1, 0.15) is 31.4 Å². The standard InChI is InChI=1S/C22H30NO4P/c1-16(2)13-20(22(24)27-15-18-7-5-4-6-8-18)21(28(25)26-3)14-17-9-11-19(23)12-10-17/h4-12,16,20-21,28H,13-15,23H2,1-3H3. The lowest BCUT2D eigenvalue weighted by molar-refractivity contribution is -0.150. The third kappa shape index (κ3) is 6.81. The zero-order valence-corrected chi connectivity index (χ0v) is 17.8. The van der Waals surface area contributed by atoms with E-state index in [2.05, 4.69) is 0 Å². The Kier molecular flexibility index (Phi) is 8.75. The van der Waals surface area contributed by atoms with E-state index in [0.29, 0.717) is 18.5 Å². The predicted molar refractivity (Wildman–Crippen MR) is 114 cm³/mol. The molecule has 0 aromatic heterocycles. The molecule has 0 radical (unpaired) electrons. The highest BCUT2D eigenvalue weighted by Crippen LogP contribution is 2.39. The Labute approximate surface area is 168 Å². The molecule has 2 aromatic rings. The summed E-state index contributed by atoms with van der Waals surface area (Å²) in [5.41, 5.74) is 7.89. The fraction of sp³-hybridized carbons (Fsp3) is 0.409. The van der Waals surface area contributed by atoms with Crippen molar-refractivity contribution in [3.63, 3.8) is 0 Å². The summed E-state index contributed by atoms with van der Waals surface area (Å²) in [6.45, 7) is 4.29. The van der Waals surface area contributed by atoms with Crippen LogP contribution in [-0.4, -0.2) is 18.7 Å². The largest absolute Gasteiger partial charge is 0.461 e. The Morgan fingerprint density at radius 2 is 1.68 bits per heavy atom. The lowest BCUT2D eigenvalue weighted by Crippen LogP contribution is -2.31. The van der Waals surface area contributed by atoms with E-state index >= 15 is 0 Å². The number of nitrogens with two attached hydrogens (primary N) is 1. The van der Waals surface area contributed by atoms with Gasteiger partial charge in [-0.3, -0.25) is 9.36 Å². The summed E-state index contributed by atoms with van der Waals surface area (Å²) < 4.78 is 23.5. The first-order chi connectivity index (χ1) is 13.4. The van der Waals surface area contributed by atoms with Gasteiger partial charge < -0.3 is 15.0 Å². The van der Waals surface area contributed by atoms with Gasteiger partial charge in [-0.15, -0.1) is 0 Å². The number of carbonyl (C=O) groups excluding carboxylic acids is 1. The molecule has 0 heterocycles. The maximum Gasteiger partial charge on any atom is 0.310 e. The maximum absolute atomic E-state index is 12.9. The molecule has 0 aliphatic heterocycles. The number of ether oxygens (including phenoxy) is 1. The van der Waals surface area contributed by atoms with Crippen LogP contribution in [0, 0.1) is 11.8 Å². The first kappa shape index (κ1) is 22.2. The average Bonchev–Trinajstić information content (AvgIpc) is 2.70. The van der Waals surface area contributed by atoms with Crippen molar-refractivity contribution in [1.82, 2.24) is 0 Å². The summed E-state index contributed by atoms with van der Waals surface area (Å²) in [7, 11) is -0.998. The van der Waals surface area contributed by atoms with Crippen LogP contribution in [0.2, 0.25) is 0 Å². The van der Waals surface area contributed by atoms with Crippen molar-refractivity contribution >= 4 is 19.7 Å². The summed E-state index contributed by atoms with van der Waals surface area (Å²) in [6.07, 6.45) is 1.07. The highest BCUT2D eigenvalue weighted by Gasteiger charge is 2.34. The van der Waals surface area contributed by atoms with Gasteiger partial charge in [-0.1, -0.05) is 56.3 Å². The Bertz CT molecular complexity index is 762. The molecule has 2 rings (SSSR count). The maximum atomic E-state index is 12.9. The molecule has 0 saturated heterocycles. The molecule has 0 amide bonds. The van der Waals surface area contributed by atoms with E-state index in [0.717, 1.165) is 11.1 Å². The average molecular weight is 403 g/mol. The number of nitrogen functional groups attached to an aromatic ring is 1. The molecule has 0 fully saturated rings. The number of carbonyl (C=O) groups is 1. The lowest BCUT2D eigenvalue weighted by Gasteiger charge is -2.26. The zero-order valence-electron chi connectivity index (χ0n) is 16.8.